The molecule has 0 aromatic heterocycles. The van der Waals surface area contributed by atoms with E-state index in [0.29, 0.717) is 6.29 Å². The second-order valence-corrected chi connectivity index (χ2v) is 4.98. The first-order valence-corrected chi connectivity index (χ1v) is 6.55. The largest absolute Gasteiger partial charge is 0.418 e. The van der Waals surface area contributed by atoms with Crippen LogP contribution in [0.2, 0.25) is 0 Å². The zero-order chi connectivity index (χ0) is 18.1. The lowest BCUT2D eigenvalue weighted by molar-refractivity contribution is -0.206. The fourth-order valence-electron chi connectivity index (χ4n) is 2.12. The number of carbonyl (C=O) groups is 1. The van der Waals surface area contributed by atoms with Gasteiger partial charge in [0.25, 0.3) is 0 Å². The molecule has 2 aromatic rings. The highest BCUT2D eigenvalue weighted by Crippen LogP contribution is 2.36. The highest BCUT2D eigenvalue weighted by atomic mass is 19.4. The van der Waals surface area contributed by atoms with Crippen LogP contribution in [0.3, 0.4) is 0 Å². The Morgan fingerprint density at radius 1 is 0.917 bits per heavy atom. The van der Waals surface area contributed by atoms with E-state index in [1.165, 1.54) is 0 Å². The van der Waals surface area contributed by atoms with Gasteiger partial charge in [0.2, 0.25) is 0 Å². The van der Waals surface area contributed by atoms with Crippen LogP contribution in [0.25, 0.3) is 11.1 Å². The third kappa shape index (κ3) is 3.76. The second kappa shape index (κ2) is 6.27. The zero-order valence-corrected chi connectivity index (χ0v) is 11.8. The lowest BCUT2D eigenvalue weighted by atomic mass is 9.96. The summed E-state index contributed by atoms with van der Waals surface area (Å²) in [6.45, 7) is 0. The van der Waals surface area contributed by atoms with Gasteiger partial charge in [-0.3, -0.25) is 4.79 Å². The summed E-state index contributed by atoms with van der Waals surface area (Å²) >= 11 is 0. The van der Waals surface area contributed by atoms with Gasteiger partial charge in [-0.15, -0.1) is 0 Å². The number of hydrogen-bond donors (Lipinski definition) is 1. The van der Waals surface area contributed by atoms with Gasteiger partial charge >= 0.3 is 12.4 Å². The topological polar surface area (TPSA) is 37.3 Å². The van der Waals surface area contributed by atoms with Crippen LogP contribution < -0.4 is 0 Å². The summed E-state index contributed by atoms with van der Waals surface area (Å²) < 4.78 is 75.6. The minimum Gasteiger partial charge on any atom is -0.379 e. The van der Waals surface area contributed by atoms with Crippen molar-refractivity contribution in [1.29, 1.82) is 0 Å². The van der Waals surface area contributed by atoms with E-state index in [1.807, 2.05) is 0 Å². The molecule has 0 aliphatic rings. The standard InChI is InChI=1S/C16H10F6O2/c17-15(18,19)12-6-5-11(8-23)13(7-12)9-1-3-10(4-2-9)14(24)16(20,21)22/h1-8,14,24H/t14-/m1/s1. The number of aliphatic hydroxyl groups excluding tert-OH is 1. The van der Waals surface area contributed by atoms with Gasteiger partial charge in [-0.2, -0.15) is 26.3 Å². The predicted octanol–water partition coefficient (Wildman–Crippen LogP) is 4.78. The maximum absolute atomic E-state index is 12.8. The molecule has 24 heavy (non-hydrogen) atoms. The molecule has 0 saturated carbocycles. The van der Waals surface area contributed by atoms with E-state index in [2.05, 4.69) is 0 Å². The Kier molecular flexibility index (Phi) is 4.70. The molecular weight excluding hydrogens is 338 g/mol. The summed E-state index contributed by atoms with van der Waals surface area (Å²) in [6.07, 6.45) is -11.8. The van der Waals surface area contributed by atoms with Crippen molar-refractivity contribution in [2.24, 2.45) is 0 Å². The highest BCUT2D eigenvalue weighted by Gasteiger charge is 2.39. The van der Waals surface area contributed by atoms with Crippen LogP contribution in [0.1, 0.15) is 27.6 Å². The van der Waals surface area contributed by atoms with Crippen molar-refractivity contribution in [3.8, 4) is 11.1 Å². The fraction of sp³-hybridized carbons (Fsp3) is 0.188. The summed E-state index contributed by atoms with van der Waals surface area (Å²) in [5.74, 6) is 0. The molecule has 0 spiro atoms. The SMILES string of the molecule is O=Cc1ccc(C(F)(F)F)cc1-c1ccc([C@@H](O)C(F)(F)F)cc1. The molecule has 128 valence electrons. The van der Waals surface area contributed by atoms with E-state index in [9.17, 15) is 31.1 Å². The van der Waals surface area contributed by atoms with Crippen LogP contribution in [0.4, 0.5) is 26.3 Å². The summed E-state index contributed by atoms with van der Waals surface area (Å²) in [5.41, 5.74) is -1.41. The molecule has 0 aliphatic heterocycles. The van der Waals surface area contributed by atoms with Crippen LogP contribution in [0.15, 0.2) is 42.5 Å². The quantitative estimate of drug-likeness (QED) is 0.640. The minimum atomic E-state index is -4.86. The highest BCUT2D eigenvalue weighted by molar-refractivity contribution is 5.88. The van der Waals surface area contributed by atoms with Crippen LogP contribution in [0.5, 0.6) is 0 Å². The van der Waals surface area contributed by atoms with Gasteiger partial charge in [0.1, 0.15) is 0 Å². The van der Waals surface area contributed by atoms with E-state index in [-0.39, 0.29) is 16.7 Å². The molecule has 8 heteroatoms. The molecule has 0 aliphatic carbocycles. The van der Waals surface area contributed by atoms with Crippen molar-refractivity contribution in [1.82, 2.24) is 0 Å². The molecule has 0 unspecified atom stereocenters. The second-order valence-electron chi connectivity index (χ2n) is 4.98. The Hall–Kier alpha value is -2.35. The molecule has 2 rings (SSSR count). The molecule has 1 N–H and O–H groups in total. The number of alkyl halides is 6. The predicted molar refractivity (Wildman–Crippen MR) is 73.3 cm³/mol. The van der Waals surface area contributed by atoms with Crippen molar-refractivity contribution < 1.29 is 36.2 Å². The van der Waals surface area contributed by atoms with Gasteiger partial charge in [0.05, 0.1) is 5.56 Å². The van der Waals surface area contributed by atoms with E-state index >= 15 is 0 Å². The minimum absolute atomic E-state index is 0.0351. The van der Waals surface area contributed by atoms with Gasteiger partial charge in [-0.05, 0) is 28.8 Å². The number of benzene rings is 2. The maximum atomic E-state index is 12.8. The Morgan fingerprint density at radius 2 is 1.50 bits per heavy atom. The number of aliphatic hydroxyl groups is 1. The molecule has 2 nitrogen and oxygen atoms in total. The first kappa shape index (κ1) is 18.0. The summed E-state index contributed by atoms with van der Waals surface area (Å²) in [7, 11) is 0. The number of aldehydes is 1. The third-order valence-electron chi connectivity index (χ3n) is 3.36. The van der Waals surface area contributed by atoms with Crippen molar-refractivity contribution in [3.05, 3.63) is 59.2 Å². The summed E-state index contributed by atoms with van der Waals surface area (Å²) in [4.78, 5) is 11.0. The van der Waals surface area contributed by atoms with Crippen LogP contribution >= 0.6 is 0 Å². The molecule has 0 bridgehead atoms. The number of halogens is 6. The molecule has 0 fully saturated rings. The number of hydrogen-bond acceptors (Lipinski definition) is 2. The Morgan fingerprint density at radius 3 is 1.96 bits per heavy atom. The molecule has 0 amide bonds. The van der Waals surface area contributed by atoms with Gasteiger partial charge < -0.3 is 5.11 Å². The lowest BCUT2D eigenvalue weighted by Gasteiger charge is -2.16. The van der Waals surface area contributed by atoms with Crippen molar-refractivity contribution in [2.75, 3.05) is 0 Å². The van der Waals surface area contributed by atoms with Crippen LogP contribution in [-0.4, -0.2) is 17.6 Å². The average Bonchev–Trinajstić information content (AvgIpc) is 2.52. The smallest absolute Gasteiger partial charge is 0.379 e. The van der Waals surface area contributed by atoms with Crippen LogP contribution in [-0.2, 0) is 6.18 Å². The van der Waals surface area contributed by atoms with Gasteiger partial charge in [0.15, 0.2) is 12.4 Å². The van der Waals surface area contributed by atoms with E-state index in [4.69, 9.17) is 5.11 Å². The van der Waals surface area contributed by atoms with Crippen molar-refractivity contribution >= 4 is 6.29 Å². The van der Waals surface area contributed by atoms with E-state index in [1.54, 1.807) is 0 Å². The molecule has 1 atom stereocenters. The lowest BCUT2D eigenvalue weighted by Crippen LogP contribution is -2.20. The van der Waals surface area contributed by atoms with Crippen LogP contribution in [0, 0.1) is 0 Å². The molecule has 0 saturated heterocycles. The molecule has 2 aromatic carbocycles. The zero-order valence-electron chi connectivity index (χ0n) is 11.8. The van der Waals surface area contributed by atoms with Gasteiger partial charge in [0, 0.05) is 5.56 Å². The third-order valence-corrected chi connectivity index (χ3v) is 3.36. The Labute approximate surface area is 132 Å². The van der Waals surface area contributed by atoms with E-state index in [0.717, 1.165) is 42.5 Å². The fourth-order valence-corrected chi connectivity index (χ4v) is 2.12. The van der Waals surface area contributed by atoms with Crippen molar-refractivity contribution in [2.45, 2.75) is 18.5 Å². The van der Waals surface area contributed by atoms with Crippen molar-refractivity contribution in [3.63, 3.8) is 0 Å². The number of carbonyl (C=O) groups excluding carboxylic acids is 1. The van der Waals surface area contributed by atoms with E-state index < -0.39 is 29.6 Å². The molecular formula is C16H10F6O2. The van der Waals surface area contributed by atoms with Gasteiger partial charge in [-0.1, -0.05) is 30.3 Å². The average molecular weight is 348 g/mol. The first-order chi connectivity index (χ1) is 11.0. The Balaban J connectivity index is 2.46. The summed E-state index contributed by atoms with van der Waals surface area (Å²) in [5, 5.41) is 9.14. The number of rotatable bonds is 3. The maximum Gasteiger partial charge on any atom is 0.418 e. The first-order valence-electron chi connectivity index (χ1n) is 6.55. The van der Waals surface area contributed by atoms with Gasteiger partial charge in [-0.25, -0.2) is 0 Å². The molecule has 0 radical (unpaired) electrons. The summed E-state index contributed by atoms with van der Waals surface area (Å²) in [6, 6.07) is 6.61. The monoisotopic (exact) mass is 348 g/mol. The Bertz CT molecular complexity index is 732. The normalized spacial score (nSPS) is 13.6. The molecule has 0 heterocycles.